The minimum absolute atomic E-state index is 0.125. The Balaban J connectivity index is 1.91. The van der Waals surface area contributed by atoms with Crippen LogP contribution >= 0.6 is 0 Å². The minimum atomic E-state index is -0.125. The van der Waals surface area contributed by atoms with Crippen LogP contribution in [0.5, 0.6) is 0 Å². The first-order valence-electron chi connectivity index (χ1n) is 6.01. The second kappa shape index (κ2) is 4.97. The maximum atomic E-state index is 9.80. The highest BCUT2D eigenvalue weighted by Gasteiger charge is 2.26. The molecule has 90 valence electrons. The summed E-state index contributed by atoms with van der Waals surface area (Å²) in [4.78, 5) is 2.35. The first-order chi connectivity index (χ1) is 7.69. The Morgan fingerprint density at radius 3 is 3.06 bits per heavy atom. The maximum absolute atomic E-state index is 9.80. The number of aromatic nitrogens is 1. The van der Waals surface area contributed by atoms with E-state index in [4.69, 9.17) is 4.52 Å². The molecule has 0 spiro atoms. The molecule has 1 N–H and O–H groups in total. The van der Waals surface area contributed by atoms with Crippen molar-refractivity contribution >= 4 is 0 Å². The molecule has 0 aliphatic carbocycles. The molecule has 1 fully saturated rings. The lowest BCUT2D eigenvalue weighted by molar-refractivity contribution is 0.0214. The van der Waals surface area contributed by atoms with Crippen molar-refractivity contribution in [1.82, 2.24) is 10.1 Å². The van der Waals surface area contributed by atoms with E-state index in [9.17, 15) is 5.11 Å². The summed E-state index contributed by atoms with van der Waals surface area (Å²) in [6, 6.07) is 1.98. The van der Waals surface area contributed by atoms with Crippen LogP contribution in [0, 0.1) is 12.8 Å². The predicted octanol–water partition coefficient (Wildman–Crippen LogP) is 1.58. The van der Waals surface area contributed by atoms with Gasteiger partial charge >= 0.3 is 0 Å². The molecule has 2 rings (SSSR count). The van der Waals surface area contributed by atoms with Gasteiger partial charge in [0.05, 0.1) is 11.8 Å². The number of hydrogen-bond donors (Lipinski definition) is 1. The molecule has 0 saturated carbocycles. The topological polar surface area (TPSA) is 49.5 Å². The van der Waals surface area contributed by atoms with Crippen molar-refractivity contribution in [3.8, 4) is 0 Å². The van der Waals surface area contributed by atoms with Crippen LogP contribution in [0.25, 0.3) is 0 Å². The molecule has 1 aliphatic heterocycles. The Hall–Kier alpha value is -0.870. The normalized spacial score (nSPS) is 27.2. The van der Waals surface area contributed by atoms with Crippen LogP contribution < -0.4 is 0 Å². The summed E-state index contributed by atoms with van der Waals surface area (Å²) in [5, 5.41) is 13.8. The number of aryl methyl sites for hydroxylation is 1. The third-order valence-corrected chi connectivity index (χ3v) is 3.36. The molecular weight excluding hydrogens is 204 g/mol. The molecule has 0 amide bonds. The van der Waals surface area contributed by atoms with Gasteiger partial charge in [-0.2, -0.15) is 0 Å². The molecule has 1 aromatic heterocycles. The predicted molar refractivity (Wildman–Crippen MR) is 60.9 cm³/mol. The Morgan fingerprint density at radius 1 is 1.62 bits per heavy atom. The van der Waals surface area contributed by atoms with Gasteiger partial charge in [0.2, 0.25) is 0 Å². The molecular formula is C12H20N2O2. The van der Waals surface area contributed by atoms with E-state index in [1.54, 1.807) is 0 Å². The second-order valence-corrected chi connectivity index (χ2v) is 4.69. The van der Waals surface area contributed by atoms with Gasteiger partial charge in [0.15, 0.2) is 0 Å². The van der Waals surface area contributed by atoms with Crippen LogP contribution in [0.15, 0.2) is 10.6 Å². The summed E-state index contributed by atoms with van der Waals surface area (Å²) >= 11 is 0. The van der Waals surface area contributed by atoms with Crippen molar-refractivity contribution in [2.75, 3.05) is 13.1 Å². The van der Waals surface area contributed by atoms with E-state index in [-0.39, 0.29) is 6.10 Å². The smallest absolute Gasteiger partial charge is 0.133 e. The highest BCUT2D eigenvalue weighted by atomic mass is 16.5. The number of rotatable bonds is 3. The zero-order valence-corrected chi connectivity index (χ0v) is 10.0. The molecule has 1 aliphatic rings. The Kier molecular flexibility index (Phi) is 3.61. The lowest BCUT2D eigenvalue weighted by Crippen LogP contribution is -2.42. The van der Waals surface area contributed by atoms with Crippen molar-refractivity contribution < 1.29 is 9.63 Å². The van der Waals surface area contributed by atoms with E-state index in [1.165, 1.54) is 0 Å². The summed E-state index contributed by atoms with van der Waals surface area (Å²) in [6.45, 7) is 6.79. The number of piperidine rings is 1. The standard InChI is InChI=1S/C12H20N2O2/c1-3-10-7-14(5-4-12(10)15)8-11-6-9(2)16-13-11/h6,10,12,15H,3-5,7-8H2,1-2H3. The number of hydrogen-bond acceptors (Lipinski definition) is 4. The molecule has 16 heavy (non-hydrogen) atoms. The van der Waals surface area contributed by atoms with E-state index >= 15 is 0 Å². The van der Waals surface area contributed by atoms with Gasteiger partial charge in [-0.05, 0) is 25.7 Å². The lowest BCUT2D eigenvalue weighted by Gasteiger charge is -2.35. The minimum Gasteiger partial charge on any atom is -0.393 e. The van der Waals surface area contributed by atoms with Gasteiger partial charge in [-0.25, -0.2) is 0 Å². The molecule has 0 radical (unpaired) electrons. The number of aliphatic hydroxyl groups excluding tert-OH is 1. The van der Waals surface area contributed by atoms with E-state index in [0.29, 0.717) is 5.92 Å². The molecule has 2 unspecified atom stereocenters. The molecule has 2 heterocycles. The van der Waals surface area contributed by atoms with Gasteiger partial charge in [-0.3, -0.25) is 4.90 Å². The zero-order valence-electron chi connectivity index (χ0n) is 10.0. The van der Waals surface area contributed by atoms with Crippen molar-refractivity contribution in [3.63, 3.8) is 0 Å². The fourth-order valence-corrected chi connectivity index (χ4v) is 2.36. The van der Waals surface area contributed by atoms with Gasteiger partial charge in [0, 0.05) is 25.7 Å². The zero-order chi connectivity index (χ0) is 11.5. The van der Waals surface area contributed by atoms with Crippen molar-refractivity contribution in [1.29, 1.82) is 0 Å². The van der Waals surface area contributed by atoms with Gasteiger partial charge < -0.3 is 9.63 Å². The molecule has 4 nitrogen and oxygen atoms in total. The van der Waals surface area contributed by atoms with Crippen LogP contribution in [0.4, 0.5) is 0 Å². The van der Waals surface area contributed by atoms with Crippen LogP contribution in [0.3, 0.4) is 0 Å². The molecule has 0 bridgehead atoms. The summed E-state index contributed by atoms with van der Waals surface area (Å²) in [7, 11) is 0. The summed E-state index contributed by atoms with van der Waals surface area (Å²) in [5.41, 5.74) is 0.990. The molecule has 1 aromatic rings. The third-order valence-electron chi connectivity index (χ3n) is 3.36. The Morgan fingerprint density at radius 2 is 2.44 bits per heavy atom. The van der Waals surface area contributed by atoms with Crippen molar-refractivity contribution in [2.45, 2.75) is 39.3 Å². The number of likely N-dealkylation sites (tertiary alicyclic amines) is 1. The third kappa shape index (κ3) is 2.62. The quantitative estimate of drug-likeness (QED) is 0.846. The monoisotopic (exact) mass is 224 g/mol. The molecule has 2 atom stereocenters. The van der Waals surface area contributed by atoms with E-state index in [0.717, 1.165) is 43.9 Å². The number of aliphatic hydroxyl groups is 1. The Bertz CT molecular complexity index is 338. The fraction of sp³-hybridized carbons (Fsp3) is 0.750. The Labute approximate surface area is 96.2 Å². The SMILES string of the molecule is CCC1CN(Cc2cc(C)on2)CCC1O. The lowest BCUT2D eigenvalue weighted by atomic mass is 9.92. The second-order valence-electron chi connectivity index (χ2n) is 4.69. The molecule has 4 heteroatoms. The van der Waals surface area contributed by atoms with E-state index < -0.39 is 0 Å². The van der Waals surface area contributed by atoms with Crippen LogP contribution in [-0.4, -0.2) is 34.4 Å². The van der Waals surface area contributed by atoms with Gasteiger partial charge in [0.1, 0.15) is 5.76 Å². The average molecular weight is 224 g/mol. The number of nitrogens with zero attached hydrogens (tertiary/aromatic N) is 2. The van der Waals surface area contributed by atoms with Gasteiger partial charge in [-0.1, -0.05) is 12.1 Å². The largest absolute Gasteiger partial charge is 0.393 e. The summed E-state index contributed by atoms with van der Waals surface area (Å²) in [6.07, 6.45) is 1.78. The fourth-order valence-electron chi connectivity index (χ4n) is 2.36. The van der Waals surface area contributed by atoms with Crippen molar-refractivity contribution in [2.24, 2.45) is 5.92 Å². The molecule has 1 saturated heterocycles. The van der Waals surface area contributed by atoms with E-state index in [1.807, 2.05) is 13.0 Å². The molecule has 0 aromatic carbocycles. The summed E-state index contributed by atoms with van der Waals surface area (Å²) < 4.78 is 5.05. The van der Waals surface area contributed by atoms with Gasteiger partial charge in [-0.15, -0.1) is 0 Å². The van der Waals surface area contributed by atoms with Crippen LogP contribution in [0.2, 0.25) is 0 Å². The summed E-state index contributed by atoms with van der Waals surface area (Å²) in [5.74, 6) is 1.26. The maximum Gasteiger partial charge on any atom is 0.133 e. The average Bonchev–Trinajstić information content (AvgIpc) is 2.67. The highest BCUT2D eigenvalue weighted by molar-refractivity contribution is 5.03. The van der Waals surface area contributed by atoms with E-state index in [2.05, 4.69) is 17.0 Å². The van der Waals surface area contributed by atoms with Crippen LogP contribution in [-0.2, 0) is 6.54 Å². The van der Waals surface area contributed by atoms with Gasteiger partial charge in [0.25, 0.3) is 0 Å². The first kappa shape index (κ1) is 11.6. The van der Waals surface area contributed by atoms with Crippen molar-refractivity contribution in [3.05, 3.63) is 17.5 Å². The highest BCUT2D eigenvalue weighted by Crippen LogP contribution is 2.21. The van der Waals surface area contributed by atoms with Crippen LogP contribution in [0.1, 0.15) is 31.2 Å². The first-order valence-corrected chi connectivity index (χ1v) is 6.01.